The third-order valence-corrected chi connectivity index (χ3v) is 4.26. The maximum Gasteiger partial charge on any atom is 0.199 e. The van der Waals surface area contributed by atoms with Crippen molar-refractivity contribution < 1.29 is 19.3 Å². The zero-order valence-electron chi connectivity index (χ0n) is 14.0. The van der Waals surface area contributed by atoms with Crippen LogP contribution >= 0.6 is 0 Å². The molecule has 1 saturated heterocycles. The summed E-state index contributed by atoms with van der Waals surface area (Å²) < 4.78 is 16.5. The summed E-state index contributed by atoms with van der Waals surface area (Å²) >= 11 is 0. The van der Waals surface area contributed by atoms with Crippen LogP contribution in [-0.4, -0.2) is 25.1 Å². The molecule has 0 unspecified atom stereocenters. The maximum atomic E-state index is 10.4. The van der Waals surface area contributed by atoms with Crippen LogP contribution in [0.25, 0.3) is 0 Å². The molecule has 24 heavy (non-hydrogen) atoms. The first kappa shape index (κ1) is 16.8. The lowest BCUT2D eigenvalue weighted by molar-refractivity contribution is -0.105. The second kappa shape index (κ2) is 8.18. The number of aliphatic hydroxyl groups excluding tert-OH is 1. The third-order valence-electron chi connectivity index (χ3n) is 4.26. The van der Waals surface area contributed by atoms with Gasteiger partial charge >= 0.3 is 0 Å². The van der Waals surface area contributed by atoms with Crippen LogP contribution in [0.2, 0.25) is 0 Å². The molecule has 1 heterocycles. The van der Waals surface area contributed by atoms with Crippen molar-refractivity contribution in [2.24, 2.45) is 0 Å². The van der Waals surface area contributed by atoms with Crippen LogP contribution in [0.4, 0.5) is 0 Å². The molecule has 4 heteroatoms. The number of hydrogen-bond acceptors (Lipinski definition) is 4. The second-order valence-corrected chi connectivity index (χ2v) is 6.05. The molecule has 0 bridgehead atoms. The molecule has 1 fully saturated rings. The first-order chi connectivity index (χ1) is 11.7. The van der Waals surface area contributed by atoms with Gasteiger partial charge in [-0.3, -0.25) is 0 Å². The molecular weight excluding hydrogens is 304 g/mol. The second-order valence-electron chi connectivity index (χ2n) is 6.05. The molecule has 1 aliphatic heterocycles. The van der Waals surface area contributed by atoms with Gasteiger partial charge in [0.25, 0.3) is 0 Å². The van der Waals surface area contributed by atoms with Gasteiger partial charge in [-0.05, 0) is 48.2 Å². The average molecular weight is 328 g/mol. The van der Waals surface area contributed by atoms with Gasteiger partial charge in [0, 0.05) is 12.8 Å². The Morgan fingerprint density at radius 2 is 1.75 bits per heavy atom. The fourth-order valence-electron chi connectivity index (χ4n) is 2.83. The molecule has 1 N–H and O–H groups in total. The van der Waals surface area contributed by atoms with E-state index in [9.17, 15) is 5.11 Å². The summed E-state index contributed by atoms with van der Waals surface area (Å²) in [5, 5.41) is 10.4. The molecule has 0 saturated carbocycles. The topological polar surface area (TPSA) is 47.9 Å². The minimum absolute atomic E-state index is 0.130. The summed E-state index contributed by atoms with van der Waals surface area (Å²) in [6.45, 7) is 0.775. The highest BCUT2D eigenvalue weighted by atomic mass is 16.7. The molecule has 1 aliphatic rings. The molecule has 2 aromatic rings. The third kappa shape index (κ3) is 4.49. The zero-order valence-corrected chi connectivity index (χ0v) is 14.0. The molecule has 128 valence electrons. The van der Waals surface area contributed by atoms with Crippen LogP contribution in [0.3, 0.4) is 0 Å². The summed E-state index contributed by atoms with van der Waals surface area (Å²) in [4.78, 5) is 0. The van der Waals surface area contributed by atoms with Gasteiger partial charge in [0.2, 0.25) is 0 Å². The Morgan fingerprint density at radius 1 is 1.04 bits per heavy atom. The standard InChI is InChI=1S/C20H24O4/c1-22-17-11-7-16(8-12-17)19(21)14-15-5-9-18(10-6-15)24-20-4-2-3-13-23-20/h5-12,19-21H,2-4,13-14H2,1H3/t19-,20+/m1/s1. The van der Waals surface area contributed by atoms with Gasteiger partial charge in [0.05, 0.1) is 19.8 Å². The fraction of sp³-hybridized carbons (Fsp3) is 0.400. The summed E-state index contributed by atoms with van der Waals surface area (Å²) in [7, 11) is 1.63. The van der Waals surface area contributed by atoms with E-state index in [2.05, 4.69) is 0 Å². The van der Waals surface area contributed by atoms with Gasteiger partial charge in [-0.25, -0.2) is 0 Å². The Labute approximate surface area is 143 Å². The summed E-state index contributed by atoms with van der Waals surface area (Å²) in [6.07, 6.45) is 3.10. The minimum atomic E-state index is -0.538. The Bertz CT molecular complexity index is 615. The van der Waals surface area contributed by atoms with Gasteiger partial charge in [-0.15, -0.1) is 0 Å². The molecule has 0 aliphatic carbocycles. The Hall–Kier alpha value is -2.04. The quantitative estimate of drug-likeness (QED) is 0.874. The highest BCUT2D eigenvalue weighted by Crippen LogP contribution is 2.24. The van der Waals surface area contributed by atoms with Gasteiger partial charge in [0.15, 0.2) is 6.29 Å². The van der Waals surface area contributed by atoms with Crippen molar-refractivity contribution >= 4 is 0 Å². The van der Waals surface area contributed by atoms with E-state index in [1.807, 2.05) is 48.5 Å². The van der Waals surface area contributed by atoms with Crippen molar-refractivity contribution in [1.82, 2.24) is 0 Å². The highest BCUT2D eigenvalue weighted by molar-refractivity contribution is 5.31. The summed E-state index contributed by atoms with van der Waals surface area (Å²) in [5.41, 5.74) is 1.95. The summed E-state index contributed by atoms with van der Waals surface area (Å²) in [5.74, 6) is 1.60. The number of methoxy groups -OCH3 is 1. The van der Waals surface area contributed by atoms with Crippen molar-refractivity contribution in [1.29, 1.82) is 0 Å². The van der Waals surface area contributed by atoms with Crippen molar-refractivity contribution in [2.75, 3.05) is 13.7 Å². The van der Waals surface area contributed by atoms with E-state index in [1.54, 1.807) is 7.11 Å². The largest absolute Gasteiger partial charge is 0.497 e. The van der Waals surface area contributed by atoms with E-state index >= 15 is 0 Å². The molecule has 0 spiro atoms. The average Bonchev–Trinajstić information content (AvgIpc) is 2.64. The summed E-state index contributed by atoms with van der Waals surface area (Å²) in [6, 6.07) is 15.4. The van der Waals surface area contributed by atoms with E-state index in [4.69, 9.17) is 14.2 Å². The molecule has 3 rings (SSSR count). The molecule has 0 radical (unpaired) electrons. The van der Waals surface area contributed by atoms with Crippen LogP contribution in [0, 0.1) is 0 Å². The van der Waals surface area contributed by atoms with E-state index in [0.717, 1.165) is 48.5 Å². The van der Waals surface area contributed by atoms with Crippen LogP contribution in [0.5, 0.6) is 11.5 Å². The zero-order chi connectivity index (χ0) is 16.8. The Morgan fingerprint density at radius 3 is 2.38 bits per heavy atom. The molecule has 4 nitrogen and oxygen atoms in total. The highest BCUT2D eigenvalue weighted by Gasteiger charge is 2.15. The SMILES string of the molecule is COc1ccc([C@H](O)Cc2ccc(O[C@H]3CCCCO3)cc2)cc1. The molecular formula is C20H24O4. The molecule has 2 aromatic carbocycles. The van der Waals surface area contributed by atoms with E-state index in [0.29, 0.717) is 6.42 Å². The van der Waals surface area contributed by atoms with E-state index in [1.165, 1.54) is 0 Å². The Kier molecular flexibility index (Phi) is 5.72. The predicted octanol–water partition coefficient (Wildman–Crippen LogP) is 3.88. The van der Waals surface area contributed by atoms with Crippen LogP contribution in [-0.2, 0) is 11.2 Å². The van der Waals surface area contributed by atoms with Crippen molar-refractivity contribution in [3.8, 4) is 11.5 Å². The van der Waals surface area contributed by atoms with Gasteiger partial charge in [0.1, 0.15) is 11.5 Å². The van der Waals surface area contributed by atoms with E-state index < -0.39 is 6.10 Å². The lowest BCUT2D eigenvalue weighted by Gasteiger charge is -2.23. The molecule has 0 aromatic heterocycles. The van der Waals surface area contributed by atoms with Gasteiger partial charge in [-0.1, -0.05) is 24.3 Å². The number of benzene rings is 2. The fourth-order valence-corrected chi connectivity index (χ4v) is 2.83. The van der Waals surface area contributed by atoms with Gasteiger partial charge in [-0.2, -0.15) is 0 Å². The molecule has 2 atom stereocenters. The number of ether oxygens (including phenoxy) is 3. The maximum absolute atomic E-state index is 10.4. The van der Waals surface area contributed by atoms with Crippen LogP contribution in [0.15, 0.2) is 48.5 Å². The first-order valence-electron chi connectivity index (χ1n) is 8.44. The van der Waals surface area contributed by atoms with Crippen molar-refractivity contribution in [2.45, 2.75) is 38.1 Å². The normalized spacial score (nSPS) is 18.8. The monoisotopic (exact) mass is 328 g/mol. The van der Waals surface area contributed by atoms with Crippen LogP contribution in [0.1, 0.15) is 36.5 Å². The predicted molar refractivity (Wildman–Crippen MR) is 92.3 cm³/mol. The van der Waals surface area contributed by atoms with Crippen molar-refractivity contribution in [3.05, 3.63) is 59.7 Å². The number of hydrogen-bond donors (Lipinski definition) is 1. The van der Waals surface area contributed by atoms with Crippen molar-refractivity contribution in [3.63, 3.8) is 0 Å². The van der Waals surface area contributed by atoms with E-state index in [-0.39, 0.29) is 6.29 Å². The lowest BCUT2D eigenvalue weighted by atomic mass is 10.0. The number of rotatable bonds is 6. The molecule has 0 amide bonds. The lowest BCUT2D eigenvalue weighted by Crippen LogP contribution is -2.24. The number of aliphatic hydroxyl groups is 1. The Balaban J connectivity index is 1.56. The smallest absolute Gasteiger partial charge is 0.199 e. The van der Waals surface area contributed by atoms with Crippen LogP contribution < -0.4 is 9.47 Å². The van der Waals surface area contributed by atoms with Gasteiger partial charge < -0.3 is 19.3 Å². The first-order valence-corrected chi connectivity index (χ1v) is 8.44. The minimum Gasteiger partial charge on any atom is -0.497 e.